The molecule has 3 aromatic rings. The molecule has 0 atom stereocenters. The molecule has 3 rings (SSSR count). The molecule has 0 saturated carbocycles. The minimum absolute atomic E-state index is 0.469. The highest BCUT2D eigenvalue weighted by atomic mass is 16.5. The van der Waals surface area contributed by atoms with Crippen LogP contribution in [-0.4, -0.2) is 21.1 Å². The first kappa shape index (κ1) is 13.8. The SMILES string of the molecule is C[CH]Cn1c(COCC)nc2c(N)nc3ccccc3c21. The number of para-hydroxylation sites is 1. The van der Waals surface area contributed by atoms with Crippen LogP contribution < -0.4 is 5.73 Å². The van der Waals surface area contributed by atoms with E-state index in [0.29, 0.717) is 19.0 Å². The van der Waals surface area contributed by atoms with Crippen LogP contribution in [0.15, 0.2) is 24.3 Å². The van der Waals surface area contributed by atoms with Crippen LogP contribution in [0, 0.1) is 6.42 Å². The third-order valence-corrected chi connectivity index (χ3v) is 3.49. The van der Waals surface area contributed by atoms with Gasteiger partial charge in [0.1, 0.15) is 17.9 Å². The molecule has 2 N–H and O–H groups in total. The lowest BCUT2D eigenvalue weighted by Gasteiger charge is -2.09. The van der Waals surface area contributed by atoms with Crippen molar-refractivity contribution in [3.05, 3.63) is 36.5 Å². The molecule has 21 heavy (non-hydrogen) atoms. The lowest BCUT2D eigenvalue weighted by molar-refractivity contribution is 0.126. The number of ether oxygens (including phenoxy) is 1. The molecule has 0 aliphatic rings. The number of hydrogen-bond acceptors (Lipinski definition) is 4. The van der Waals surface area contributed by atoms with Crippen molar-refractivity contribution in [1.29, 1.82) is 0 Å². The zero-order valence-electron chi connectivity index (χ0n) is 12.3. The predicted octanol–water partition coefficient (Wildman–Crippen LogP) is 2.93. The maximum Gasteiger partial charge on any atom is 0.152 e. The molecule has 2 heterocycles. The first-order chi connectivity index (χ1) is 10.3. The molecule has 0 amide bonds. The van der Waals surface area contributed by atoms with Gasteiger partial charge in [-0.1, -0.05) is 25.1 Å². The van der Waals surface area contributed by atoms with E-state index in [1.54, 1.807) is 0 Å². The standard InChI is InChI=1S/C16H19N4O/c1-3-9-20-13(10-21-4-2)19-14-15(20)11-7-5-6-8-12(11)18-16(14)17/h3,5-8H,4,9-10H2,1-2H3,(H2,17,18). The summed E-state index contributed by atoms with van der Waals surface area (Å²) in [5, 5.41) is 1.07. The average Bonchev–Trinajstić information content (AvgIpc) is 2.85. The number of rotatable bonds is 5. The number of imidazole rings is 1. The third kappa shape index (κ3) is 2.34. The van der Waals surface area contributed by atoms with E-state index >= 15 is 0 Å². The Hall–Kier alpha value is -2.14. The first-order valence-corrected chi connectivity index (χ1v) is 7.15. The molecule has 0 spiro atoms. The Morgan fingerprint density at radius 3 is 2.86 bits per heavy atom. The van der Waals surface area contributed by atoms with Gasteiger partial charge in [-0.2, -0.15) is 0 Å². The van der Waals surface area contributed by atoms with Gasteiger partial charge >= 0.3 is 0 Å². The van der Waals surface area contributed by atoms with Crippen LogP contribution in [-0.2, 0) is 17.9 Å². The number of aromatic nitrogens is 3. The summed E-state index contributed by atoms with van der Waals surface area (Å²) in [4.78, 5) is 9.10. The molecular weight excluding hydrogens is 264 g/mol. The Kier molecular flexibility index (Phi) is 3.75. The van der Waals surface area contributed by atoms with Gasteiger partial charge in [-0.05, 0) is 19.4 Å². The summed E-state index contributed by atoms with van der Waals surface area (Å²) >= 11 is 0. The number of anilines is 1. The summed E-state index contributed by atoms with van der Waals surface area (Å²) in [5.74, 6) is 1.35. The van der Waals surface area contributed by atoms with Crippen molar-refractivity contribution in [1.82, 2.24) is 14.5 Å². The molecule has 0 aliphatic heterocycles. The third-order valence-electron chi connectivity index (χ3n) is 3.49. The number of fused-ring (bicyclic) bond motifs is 3. The minimum Gasteiger partial charge on any atom is -0.382 e. The van der Waals surface area contributed by atoms with E-state index in [9.17, 15) is 0 Å². The van der Waals surface area contributed by atoms with Crippen molar-refractivity contribution in [2.24, 2.45) is 0 Å². The molecule has 0 saturated heterocycles. The molecule has 0 fully saturated rings. The fraction of sp³-hybridized carbons (Fsp3) is 0.312. The van der Waals surface area contributed by atoms with Gasteiger partial charge in [0.05, 0.1) is 11.0 Å². The van der Waals surface area contributed by atoms with Crippen molar-refractivity contribution in [3.8, 4) is 0 Å². The van der Waals surface area contributed by atoms with Gasteiger partial charge in [0, 0.05) is 18.5 Å². The van der Waals surface area contributed by atoms with Crippen LogP contribution in [0.1, 0.15) is 19.7 Å². The molecule has 2 aromatic heterocycles. The largest absolute Gasteiger partial charge is 0.382 e. The van der Waals surface area contributed by atoms with Crippen LogP contribution in [0.25, 0.3) is 21.9 Å². The van der Waals surface area contributed by atoms with Crippen molar-refractivity contribution >= 4 is 27.8 Å². The van der Waals surface area contributed by atoms with Gasteiger partial charge in [0.15, 0.2) is 5.82 Å². The van der Waals surface area contributed by atoms with E-state index in [4.69, 9.17) is 10.5 Å². The number of hydrogen-bond donors (Lipinski definition) is 1. The zero-order valence-corrected chi connectivity index (χ0v) is 12.3. The number of nitrogens with two attached hydrogens (primary N) is 1. The summed E-state index contributed by atoms with van der Waals surface area (Å²) in [5.41, 5.74) is 8.77. The second-order valence-corrected chi connectivity index (χ2v) is 4.90. The zero-order chi connectivity index (χ0) is 14.8. The molecular formula is C16H19N4O. The Labute approximate surface area is 123 Å². The smallest absolute Gasteiger partial charge is 0.152 e. The van der Waals surface area contributed by atoms with E-state index in [1.165, 1.54) is 0 Å². The van der Waals surface area contributed by atoms with Crippen molar-refractivity contribution in [2.75, 3.05) is 12.3 Å². The van der Waals surface area contributed by atoms with Gasteiger partial charge in [0.25, 0.3) is 0 Å². The van der Waals surface area contributed by atoms with Crippen LogP contribution in [0.3, 0.4) is 0 Å². The molecule has 109 valence electrons. The van der Waals surface area contributed by atoms with Crippen molar-refractivity contribution in [2.45, 2.75) is 27.0 Å². The quantitative estimate of drug-likeness (QED) is 0.782. The topological polar surface area (TPSA) is 66.0 Å². The Morgan fingerprint density at radius 1 is 1.29 bits per heavy atom. The van der Waals surface area contributed by atoms with Gasteiger partial charge in [-0.15, -0.1) is 0 Å². The highest BCUT2D eigenvalue weighted by Crippen LogP contribution is 2.29. The van der Waals surface area contributed by atoms with Gasteiger partial charge in [-0.3, -0.25) is 0 Å². The monoisotopic (exact) mass is 283 g/mol. The fourth-order valence-electron chi connectivity index (χ4n) is 2.59. The van der Waals surface area contributed by atoms with Crippen molar-refractivity contribution < 1.29 is 4.74 Å². The Morgan fingerprint density at radius 2 is 2.10 bits per heavy atom. The maximum atomic E-state index is 6.09. The highest BCUT2D eigenvalue weighted by molar-refractivity contribution is 6.06. The van der Waals surface area contributed by atoms with E-state index in [-0.39, 0.29) is 0 Å². The average molecular weight is 283 g/mol. The van der Waals surface area contributed by atoms with Gasteiger partial charge in [0.2, 0.25) is 0 Å². The second kappa shape index (κ2) is 5.69. The molecule has 0 unspecified atom stereocenters. The summed E-state index contributed by atoms with van der Waals surface area (Å²) in [6.45, 7) is 5.92. The molecule has 5 heteroatoms. The van der Waals surface area contributed by atoms with Crippen LogP contribution >= 0.6 is 0 Å². The summed E-state index contributed by atoms with van der Waals surface area (Å²) in [7, 11) is 0. The fourth-order valence-corrected chi connectivity index (χ4v) is 2.59. The number of nitrogen functional groups attached to an aromatic ring is 1. The van der Waals surface area contributed by atoms with E-state index < -0.39 is 0 Å². The summed E-state index contributed by atoms with van der Waals surface area (Å²) in [6, 6.07) is 8.01. The Balaban J connectivity index is 2.32. The molecule has 1 radical (unpaired) electrons. The van der Waals surface area contributed by atoms with Gasteiger partial charge in [-0.25, -0.2) is 9.97 Å². The lowest BCUT2D eigenvalue weighted by atomic mass is 10.2. The second-order valence-electron chi connectivity index (χ2n) is 4.90. The predicted molar refractivity (Wildman–Crippen MR) is 84.8 cm³/mol. The minimum atomic E-state index is 0.469. The van der Waals surface area contributed by atoms with Gasteiger partial charge < -0.3 is 15.0 Å². The van der Waals surface area contributed by atoms with Crippen LogP contribution in [0.5, 0.6) is 0 Å². The van der Waals surface area contributed by atoms with E-state index in [1.807, 2.05) is 32.0 Å². The van der Waals surface area contributed by atoms with E-state index in [2.05, 4.69) is 27.0 Å². The maximum absolute atomic E-state index is 6.09. The van der Waals surface area contributed by atoms with Crippen molar-refractivity contribution in [3.63, 3.8) is 0 Å². The summed E-state index contributed by atoms with van der Waals surface area (Å²) < 4.78 is 7.69. The van der Waals surface area contributed by atoms with Crippen LogP contribution in [0.2, 0.25) is 0 Å². The van der Waals surface area contributed by atoms with E-state index in [0.717, 1.165) is 34.3 Å². The molecule has 5 nitrogen and oxygen atoms in total. The molecule has 0 aliphatic carbocycles. The van der Waals surface area contributed by atoms with Crippen LogP contribution in [0.4, 0.5) is 5.82 Å². The number of pyridine rings is 1. The lowest BCUT2D eigenvalue weighted by Crippen LogP contribution is -2.06. The number of benzene rings is 1. The Bertz CT molecular complexity index is 779. The summed E-state index contributed by atoms with van der Waals surface area (Å²) in [6.07, 6.45) is 2.10. The molecule has 1 aromatic carbocycles. The first-order valence-electron chi connectivity index (χ1n) is 7.15. The highest BCUT2D eigenvalue weighted by Gasteiger charge is 2.16. The normalized spacial score (nSPS) is 11.5. The molecule has 0 bridgehead atoms. The number of nitrogens with zero attached hydrogens (tertiary/aromatic N) is 3.